The number of hydrogen-bond donors (Lipinski definition) is 2. The van der Waals surface area contributed by atoms with Crippen LogP contribution in [0.3, 0.4) is 0 Å². The summed E-state index contributed by atoms with van der Waals surface area (Å²) in [6.45, 7) is 9.60. The quantitative estimate of drug-likeness (QED) is 0.104. The van der Waals surface area contributed by atoms with Gasteiger partial charge >= 0.3 is 5.51 Å². The van der Waals surface area contributed by atoms with Crippen LogP contribution in [0.25, 0.3) is 5.57 Å². The number of nitrogens with one attached hydrogen (secondary N) is 2. The molecule has 3 aliphatic rings. The van der Waals surface area contributed by atoms with E-state index in [-0.39, 0.29) is 23.5 Å². The van der Waals surface area contributed by atoms with Crippen molar-refractivity contribution in [3.05, 3.63) is 119 Å². The second kappa shape index (κ2) is 21.9. The molecule has 2 saturated heterocycles. The number of alkyl halides is 3. The van der Waals surface area contributed by atoms with E-state index in [0.29, 0.717) is 26.1 Å². The molecule has 11 nitrogen and oxygen atoms in total. The Morgan fingerprint density at radius 1 is 0.803 bits per heavy atom. The summed E-state index contributed by atoms with van der Waals surface area (Å²) in [5.74, 6) is -0.780. The molecule has 2 N–H and O–H groups in total. The number of nitrogens with zero attached hydrogens (tertiary/aromatic N) is 3. The Labute approximate surface area is 396 Å². The standard InChI is InChI=1S/C48H57ClF3N5O6S3/c1-34-30-56(31-35(2)63-34)25-24-40(33-64-42-11-6-4-7-12-42)53-46-44(65(59,60)48(50,51)52)14-9-15-45(46)66(61,62)54-47(58)37-18-22-41(23-19-37)57-28-26-55(27-29-57)32-38-10-5-3-8-13-43(38)36-16-20-39(49)21-17-36/h4,6-7,9,11-12,14-23,34-35,40,53H,3,5,8,10,13,24-33H2,1-2H3,(H,54,58)/t34?,35?,40-/m1/s1. The zero-order chi connectivity index (χ0) is 47.1. The van der Waals surface area contributed by atoms with Gasteiger partial charge in [-0.25, -0.2) is 21.6 Å². The third kappa shape index (κ3) is 12.7. The van der Waals surface area contributed by atoms with Gasteiger partial charge in [0, 0.05) is 85.3 Å². The molecule has 18 heteroatoms. The smallest absolute Gasteiger partial charge is 0.379 e. The molecule has 0 radical (unpaired) electrons. The van der Waals surface area contributed by atoms with Gasteiger partial charge in [-0.05, 0) is 118 Å². The lowest BCUT2D eigenvalue weighted by Gasteiger charge is -2.37. The molecule has 0 saturated carbocycles. The van der Waals surface area contributed by atoms with Gasteiger partial charge in [-0.3, -0.25) is 14.6 Å². The summed E-state index contributed by atoms with van der Waals surface area (Å²) in [7, 11) is -11.0. The zero-order valence-corrected chi connectivity index (χ0v) is 40.3. The van der Waals surface area contributed by atoms with Gasteiger partial charge in [-0.1, -0.05) is 60.0 Å². The van der Waals surface area contributed by atoms with Crippen molar-refractivity contribution in [2.45, 2.75) is 90.8 Å². The highest BCUT2D eigenvalue weighted by molar-refractivity contribution is 7.99. The van der Waals surface area contributed by atoms with Crippen molar-refractivity contribution >= 4 is 66.1 Å². The van der Waals surface area contributed by atoms with Gasteiger partial charge in [0.2, 0.25) is 0 Å². The number of piperazine rings is 1. The first kappa shape index (κ1) is 49.8. The number of thioether (sulfide) groups is 1. The Morgan fingerprint density at radius 2 is 1.45 bits per heavy atom. The number of ether oxygens (including phenoxy) is 1. The molecule has 356 valence electrons. The highest BCUT2D eigenvalue weighted by Gasteiger charge is 2.49. The van der Waals surface area contributed by atoms with Crippen LogP contribution < -0.4 is 14.9 Å². The monoisotopic (exact) mass is 987 g/mol. The molecule has 66 heavy (non-hydrogen) atoms. The number of rotatable bonds is 16. The minimum absolute atomic E-state index is 0.00401. The summed E-state index contributed by atoms with van der Waals surface area (Å²) in [6.07, 6.45) is 5.85. The van der Waals surface area contributed by atoms with Crippen molar-refractivity contribution in [1.29, 1.82) is 0 Å². The third-order valence-corrected chi connectivity index (χ3v) is 16.6. The summed E-state index contributed by atoms with van der Waals surface area (Å²) in [5.41, 5.74) is -1.54. The molecule has 1 amide bonds. The van der Waals surface area contributed by atoms with E-state index in [1.165, 1.54) is 53.4 Å². The van der Waals surface area contributed by atoms with E-state index in [1.807, 2.05) is 61.0 Å². The summed E-state index contributed by atoms with van der Waals surface area (Å²) < 4.78 is 105. The number of carbonyl (C=O) groups is 1. The molecule has 4 aromatic carbocycles. The Hall–Kier alpha value is -4.10. The molecule has 0 spiro atoms. The van der Waals surface area contributed by atoms with Gasteiger partial charge in [-0.2, -0.15) is 13.2 Å². The van der Waals surface area contributed by atoms with Gasteiger partial charge in [0.05, 0.1) is 17.9 Å². The minimum Gasteiger partial charge on any atom is -0.379 e. The number of sulfonamides is 1. The molecule has 2 aliphatic heterocycles. The van der Waals surface area contributed by atoms with Gasteiger partial charge in [0.25, 0.3) is 25.8 Å². The number of morpholine rings is 1. The first-order chi connectivity index (χ1) is 31.5. The summed E-state index contributed by atoms with van der Waals surface area (Å²) in [4.78, 5) is 19.2. The lowest BCUT2D eigenvalue weighted by Crippen LogP contribution is -2.47. The van der Waals surface area contributed by atoms with Crippen molar-refractivity contribution in [1.82, 2.24) is 14.5 Å². The summed E-state index contributed by atoms with van der Waals surface area (Å²) in [6, 6.07) is 25.7. The fourth-order valence-electron chi connectivity index (χ4n) is 8.96. The average molecular weight is 989 g/mol. The van der Waals surface area contributed by atoms with E-state index in [2.05, 4.69) is 32.1 Å². The topological polar surface area (TPSA) is 128 Å². The third-order valence-electron chi connectivity index (χ3n) is 12.2. The molecular weight excluding hydrogens is 931 g/mol. The van der Waals surface area contributed by atoms with Crippen molar-refractivity contribution in [2.75, 3.05) is 68.3 Å². The first-order valence-electron chi connectivity index (χ1n) is 22.3. The molecule has 0 aromatic heterocycles. The van der Waals surface area contributed by atoms with Gasteiger partial charge in [0.1, 0.15) is 9.79 Å². The van der Waals surface area contributed by atoms with Crippen molar-refractivity contribution in [3.63, 3.8) is 0 Å². The molecule has 2 heterocycles. The van der Waals surface area contributed by atoms with Crippen LogP contribution in [0.1, 0.15) is 68.3 Å². The molecule has 0 bridgehead atoms. The number of amides is 1. The number of allylic oxidation sites excluding steroid dienone is 1. The van der Waals surface area contributed by atoms with Crippen LogP contribution in [0, 0.1) is 0 Å². The maximum atomic E-state index is 14.2. The van der Waals surface area contributed by atoms with E-state index in [4.69, 9.17) is 16.3 Å². The number of halogens is 4. The Balaban J connectivity index is 1.06. The van der Waals surface area contributed by atoms with Crippen molar-refractivity contribution < 1.29 is 39.5 Å². The second-order valence-corrected chi connectivity index (χ2v) is 22.3. The second-order valence-electron chi connectivity index (χ2n) is 17.2. The van der Waals surface area contributed by atoms with E-state index in [0.717, 1.165) is 85.8 Å². The Morgan fingerprint density at radius 3 is 2.12 bits per heavy atom. The van der Waals surface area contributed by atoms with Crippen LogP contribution >= 0.6 is 23.4 Å². The highest BCUT2D eigenvalue weighted by atomic mass is 35.5. The Bertz CT molecular complexity index is 2530. The summed E-state index contributed by atoms with van der Waals surface area (Å²) in [5, 5.41) is 3.65. The maximum absolute atomic E-state index is 14.2. The van der Waals surface area contributed by atoms with E-state index < -0.39 is 52.8 Å². The van der Waals surface area contributed by atoms with Gasteiger partial charge in [-0.15, -0.1) is 11.8 Å². The van der Waals surface area contributed by atoms with Crippen molar-refractivity contribution in [3.8, 4) is 0 Å². The molecule has 7 rings (SSSR count). The number of para-hydroxylation sites is 1. The zero-order valence-electron chi connectivity index (χ0n) is 37.1. The molecule has 2 unspecified atom stereocenters. The Kier molecular flexibility index (Phi) is 16.5. The maximum Gasteiger partial charge on any atom is 0.501 e. The minimum atomic E-state index is -6.06. The molecule has 2 fully saturated rings. The molecular formula is C48H57ClF3N5O6S3. The number of anilines is 2. The molecule has 1 aliphatic carbocycles. The van der Waals surface area contributed by atoms with Gasteiger partial charge in [0.15, 0.2) is 0 Å². The lowest BCUT2D eigenvalue weighted by molar-refractivity contribution is -0.0682. The fraction of sp³-hybridized carbons (Fsp3) is 0.438. The predicted molar refractivity (Wildman–Crippen MR) is 257 cm³/mol. The fourth-order valence-corrected chi connectivity index (χ4v) is 12.3. The lowest BCUT2D eigenvalue weighted by atomic mass is 9.95. The van der Waals surface area contributed by atoms with Crippen LogP contribution in [-0.2, 0) is 24.6 Å². The number of hydrogen-bond acceptors (Lipinski definition) is 11. The van der Waals surface area contributed by atoms with Crippen LogP contribution in [0.5, 0.6) is 0 Å². The largest absolute Gasteiger partial charge is 0.501 e. The van der Waals surface area contributed by atoms with Crippen molar-refractivity contribution in [2.24, 2.45) is 0 Å². The molecule has 4 aromatic rings. The number of benzene rings is 4. The van der Waals surface area contributed by atoms with Crippen LogP contribution in [0.2, 0.25) is 5.02 Å². The molecule has 3 atom stereocenters. The predicted octanol–water partition coefficient (Wildman–Crippen LogP) is 9.36. The van der Waals surface area contributed by atoms with Crippen LogP contribution in [0.4, 0.5) is 24.5 Å². The highest BCUT2D eigenvalue weighted by Crippen LogP contribution is 2.39. The first-order valence-corrected chi connectivity index (χ1v) is 26.7. The van der Waals surface area contributed by atoms with Crippen LogP contribution in [-0.4, -0.2) is 114 Å². The van der Waals surface area contributed by atoms with E-state index >= 15 is 0 Å². The number of sulfone groups is 1. The summed E-state index contributed by atoms with van der Waals surface area (Å²) >= 11 is 7.57. The van der Waals surface area contributed by atoms with E-state index in [9.17, 15) is 34.8 Å². The van der Waals surface area contributed by atoms with E-state index in [1.54, 1.807) is 12.1 Å². The number of carbonyl (C=O) groups excluding carboxylic acids is 1. The van der Waals surface area contributed by atoms with Gasteiger partial charge < -0.3 is 15.0 Å². The normalized spacial score (nSPS) is 19.9. The van der Waals surface area contributed by atoms with Crippen LogP contribution in [0.15, 0.2) is 117 Å². The SMILES string of the molecule is CC1CN(CC[C@H](CSc2ccccc2)Nc2c(S(=O)(=O)NC(=O)c3ccc(N4CCN(CC5=C(c6ccc(Cl)cc6)CCCCC5)CC4)cc3)cccc2S(=O)(=O)C(F)(F)F)CC(C)O1. The average Bonchev–Trinajstić information content (AvgIpc) is 3.52.